The minimum atomic E-state index is -3.62. The van der Waals surface area contributed by atoms with Crippen LogP contribution in [0.4, 0.5) is 0 Å². The van der Waals surface area contributed by atoms with Crippen LogP contribution in [0.15, 0.2) is 23.1 Å². The van der Waals surface area contributed by atoms with Gasteiger partial charge >= 0.3 is 0 Å². The summed E-state index contributed by atoms with van der Waals surface area (Å²) >= 11 is 0. The zero-order chi connectivity index (χ0) is 15.3. The Labute approximate surface area is 125 Å². The van der Waals surface area contributed by atoms with Gasteiger partial charge in [0, 0.05) is 19.8 Å². The number of aliphatic hydroxyl groups is 1. The van der Waals surface area contributed by atoms with E-state index in [4.69, 9.17) is 14.6 Å². The van der Waals surface area contributed by atoms with Gasteiger partial charge in [-0.25, -0.2) is 13.1 Å². The summed E-state index contributed by atoms with van der Waals surface area (Å²) in [5.41, 5.74) is 0.539. The van der Waals surface area contributed by atoms with Gasteiger partial charge in [0.25, 0.3) is 0 Å². The zero-order valence-electron chi connectivity index (χ0n) is 12.0. The number of sulfonamides is 1. The van der Waals surface area contributed by atoms with E-state index in [1.807, 2.05) is 0 Å². The summed E-state index contributed by atoms with van der Waals surface area (Å²) < 4.78 is 37.9. The second-order valence-electron chi connectivity index (χ2n) is 4.93. The van der Waals surface area contributed by atoms with Crippen LogP contribution in [-0.2, 0) is 21.2 Å². The third kappa shape index (κ3) is 4.16. The number of hydrogen-bond donors (Lipinski definition) is 2. The molecule has 2 N–H and O–H groups in total. The molecular formula is C14H21NO5S. The summed E-state index contributed by atoms with van der Waals surface area (Å²) in [5, 5.41) is 9.10. The molecule has 0 spiro atoms. The lowest BCUT2D eigenvalue weighted by atomic mass is 10.1. The predicted molar refractivity (Wildman–Crippen MR) is 77.9 cm³/mol. The Hall–Kier alpha value is -1.15. The molecule has 7 heteroatoms. The van der Waals surface area contributed by atoms with Gasteiger partial charge in [0.15, 0.2) is 0 Å². The van der Waals surface area contributed by atoms with Crippen LogP contribution in [0.1, 0.15) is 18.4 Å². The van der Waals surface area contributed by atoms with Crippen molar-refractivity contribution in [3.8, 4) is 5.75 Å². The Morgan fingerprint density at radius 1 is 1.48 bits per heavy atom. The molecule has 0 aromatic heterocycles. The number of rotatable bonds is 7. The minimum Gasteiger partial charge on any atom is -0.497 e. The van der Waals surface area contributed by atoms with Crippen molar-refractivity contribution >= 4 is 10.0 Å². The van der Waals surface area contributed by atoms with Gasteiger partial charge in [-0.1, -0.05) is 0 Å². The Kier molecular flexibility index (Phi) is 5.58. The van der Waals surface area contributed by atoms with Gasteiger partial charge < -0.3 is 14.6 Å². The average Bonchev–Trinajstić information content (AvgIpc) is 2.99. The summed E-state index contributed by atoms with van der Waals surface area (Å²) in [6.45, 7) is 0.832. The van der Waals surface area contributed by atoms with Gasteiger partial charge in [-0.2, -0.15) is 0 Å². The molecule has 0 saturated carbocycles. The Bertz CT molecular complexity index is 567. The molecule has 0 bridgehead atoms. The second-order valence-corrected chi connectivity index (χ2v) is 6.67. The quantitative estimate of drug-likeness (QED) is 0.773. The first-order valence-corrected chi connectivity index (χ1v) is 8.44. The van der Waals surface area contributed by atoms with E-state index in [0.29, 0.717) is 17.9 Å². The van der Waals surface area contributed by atoms with E-state index in [9.17, 15) is 8.42 Å². The van der Waals surface area contributed by atoms with Gasteiger partial charge in [0.1, 0.15) is 5.75 Å². The third-order valence-electron chi connectivity index (χ3n) is 3.46. The Balaban J connectivity index is 2.17. The maximum atomic E-state index is 12.4. The largest absolute Gasteiger partial charge is 0.497 e. The maximum absolute atomic E-state index is 12.4. The number of ether oxygens (including phenoxy) is 2. The summed E-state index contributed by atoms with van der Waals surface area (Å²) in [6.07, 6.45) is 2.03. The van der Waals surface area contributed by atoms with Gasteiger partial charge in [-0.05, 0) is 43.0 Å². The molecule has 1 heterocycles. The fraction of sp³-hybridized carbons (Fsp3) is 0.571. The molecule has 21 heavy (non-hydrogen) atoms. The van der Waals surface area contributed by atoms with Crippen molar-refractivity contribution in [1.82, 2.24) is 4.72 Å². The van der Waals surface area contributed by atoms with Crippen LogP contribution < -0.4 is 9.46 Å². The fourth-order valence-corrected chi connectivity index (χ4v) is 3.66. The van der Waals surface area contributed by atoms with Crippen LogP contribution >= 0.6 is 0 Å². The monoisotopic (exact) mass is 315 g/mol. The van der Waals surface area contributed by atoms with Gasteiger partial charge in [-0.15, -0.1) is 0 Å². The lowest BCUT2D eigenvalue weighted by Gasteiger charge is -2.14. The lowest BCUT2D eigenvalue weighted by Crippen LogP contribution is -2.32. The van der Waals surface area contributed by atoms with Gasteiger partial charge in [0.05, 0.1) is 18.1 Å². The van der Waals surface area contributed by atoms with E-state index in [0.717, 1.165) is 12.8 Å². The first-order chi connectivity index (χ1) is 10.1. The highest BCUT2D eigenvalue weighted by atomic mass is 32.2. The smallest absolute Gasteiger partial charge is 0.240 e. The van der Waals surface area contributed by atoms with E-state index in [1.54, 1.807) is 12.1 Å². The van der Waals surface area contributed by atoms with Crippen LogP contribution in [0, 0.1) is 0 Å². The van der Waals surface area contributed by atoms with Crippen molar-refractivity contribution in [3.63, 3.8) is 0 Å². The second kappa shape index (κ2) is 7.22. The fourth-order valence-electron chi connectivity index (χ4n) is 2.35. The molecule has 1 fully saturated rings. The molecule has 1 atom stereocenters. The van der Waals surface area contributed by atoms with E-state index >= 15 is 0 Å². The summed E-state index contributed by atoms with van der Waals surface area (Å²) in [7, 11) is -2.11. The van der Waals surface area contributed by atoms with Crippen molar-refractivity contribution in [1.29, 1.82) is 0 Å². The molecule has 2 rings (SSSR count). The van der Waals surface area contributed by atoms with E-state index in [1.165, 1.54) is 13.2 Å². The molecule has 1 aliphatic heterocycles. The van der Waals surface area contributed by atoms with Crippen LogP contribution in [0.2, 0.25) is 0 Å². The van der Waals surface area contributed by atoms with Crippen LogP contribution in [0.5, 0.6) is 5.75 Å². The third-order valence-corrected chi connectivity index (χ3v) is 4.99. The average molecular weight is 315 g/mol. The molecule has 0 radical (unpaired) electrons. The number of hydrogen-bond acceptors (Lipinski definition) is 5. The van der Waals surface area contributed by atoms with Gasteiger partial charge in [-0.3, -0.25) is 0 Å². The van der Waals surface area contributed by atoms with Crippen molar-refractivity contribution < 1.29 is 23.0 Å². The highest BCUT2D eigenvalue weighted by Gasteiger charge is 2.22. The van der Waals surface area contributed by atoms with E-state index in [-0.39, 0.29) is 30.6 Å². The molecule has 1 unspecified atom stereocenters. The summed E-state index contributed by atoms with van der Waals surface area (Å²) in [4.78, 5) is 0.176. The molecule has 1 aliphatic rings. The molecule has 1 aromatic rings. The summed E-state index contributed by atoms with van der Waals surface area (Å²) in [5.74, 6) is 0.566. The first kappa shape index (κ1) is 16.2. The molecule has 118 valence electrons. The van der Waals surface area contributed by atoms with E-state index < -0.39 is 10.0 Å². The van der Waals surface area contributed by atoms with Crippen LogP contribution in [0.3, 0.4) is 0 Å². The molecule has 0 aliphatic carbocycles. The molecular weight excluding hydrogens is 294 g/mol. The van der Waals surface area contributed by atoms with Crippen LogP contribution in [0.25, 0.3) is 0 Å². The number of methoxy groups -OCH3 is 1. The predicted octanol–water partition coefficient (Wildman–Crippen LogP) is 0.687. The van der Waals surface area contributed by atoms with Crippen molar-refractivity contribution in [2.75, 3.05) is 26.9 Å². The van der Waals surface area contributed by atoms with Crippen LogP contribution in [-0.4, -0.2) is 46.5 Å². The first-order valence-electron chi connectivity index (χ1n) is 6.96. The highest BCUT2D eigenvalue weighted by Crippen LogP contribution is 2.22. The van der Waals surface area contributed by atoms with E-state index in [2.05, 4.69) is 4.72 Å². The van der Waals surface area contributed by atoms with Crippen molar-refractivity contribution in [2.45, 2.75) is 30.3 Å². The maximum Gasteiger partial charge on any atom is 0.240 e. The highest BCUT2D eigenvalue weighted by molar-refractivity contribution is 7.89. The number of aliphatic hydroxyl groups excluding tert-OH is 1. The zero-order valence-corrected chi connectivity index (χ0v) is 12.9. The SMILES string of the molecule is COc1ccc(S(=O)(=O)NCC2CCCO2)c(CCO)c1. The molecule has 1 saturated heterocycles. The number of benzene rings is 1. The van der Waals surface area contributed by atoms with Gasteiger partial charge in [0.2, 0.25) is 10.0 Å². The molecule has 0 amide bonds. The topological polar surface area (TPSA) is 84.9 Å². The normalized spacial score (nSPS) is 18.9. The minimum absolute atomic E-state index is 0.0562. The standard InChI is InChI=1S/C14H21NO5S/c1-19-12-4-5-14(11(9-12)6-7-16)21(17,18)15-10-13-3-2-8-20-13/h4-5,9,13,15-16H,2-3,6-8,10H2,1H3. The van der Waals surface area contributed by atoms with Crippen molar-refractivity contribution in [3.05, 3.63) is 23.8 Å². The lowest BCUT2D eigenvalue weighted by molar-refractivity contribution is 0.114. The summed E-state index contributed by atoms with van der Waals surface area (Å²) in [6, 6.07) is 4.74. The number of nitrogens with one attached hydrogen (secondary N) is 1. The Morgan fingerprint density at radius 2 is 2.29 bits per heavy atom. The Morgan fingerprint density at radius 3 is 2.90 bits per heavy atom. The van der Waals surface area contributed by atoms with Crippen molar-refractivity contribution in [2.24, 2.45) is 0 Å². The molecule has 6 nitrogen and oxygen atoms in total. The molecule has 1 aromatic carbocycles.